The van der Waals surface area contributed by atoms with E-state index in [2.05, 4.69) is 27.2 Å². The van der Waals surface area contributed by atoms with E-state index in [9.17, 15) is 13.2 Å². The van der Waals surface area contributed by atoms with Gasteiger partial charge in [0.05, 0.1) is 16.9 Å². The summed E-state index contributed by atoms with van der Waals surface area (Å²) in [6, 6.07) is 9.01. The van der Waals surface area contributed by atoms with Crippen molar-refractivity contribution >= 4 is 22.5 Å². The van der Waals surface area contributed by atoms with Gasteiger partial charge in [-0.2, -0.15) is 13.2 Å². The van der Waals surface area contributed by atoms with Gasteiger partial charge in [-0.05, 0) is 57.2 Å². The Morgan fingerprint density at radius 3 is 2.66 bits per heavy atom. The van der Waals surface area contributed by atoms with E-state index in [-0.39, 0.29) is 5.95 Å². The highest BCUT2D eigenvalue weighted by Crippen LogP contribution is 2.35. The largest absolute Gasteiger partial charge is 0.406 e. The number of hydrogen-bond acceptors (Lipinski definition) is 5. The van der Waals surface area contributed by atoms with E-state index >= 15 is 0 Å². The number of rotatable bonds is 4. The summed E-state index contributed by atoms with van der Waals surface area (Å²) in [7, 11) is 2.09. The standard InChI is InChI=1S/C20H23F3N6/c1-28-9-6-13(7-10-28)26-15-3-2-4-17-14(15)11-18(29(17)12-20(21,22)23)16-5-8-25-19(24)27-16/h2-5,8,11,13,26H,6-7,9-10,12H2,1H3,(H2,24,25,27). The minimum Gasteiger partial charge on any atom is -0.382 e. The van der Waals surface area contributed by atoms with E-state index < -0.39 is 12.7 Å². The Bertz CT molecular complexity index is 1010. The third kappa shape index (κ3) is 4.29. The maximum absolute atomic E-state index is 13.3. The van der Waals surface area contributed by atoms with Crippen LogP contribution in [0.15, 0.2) is 36.5 Å². The first kappa shape index (κ1) is 19.5. The number of halogens is 3. The summed E-state index contributed by atoms with van der Waals surface area (Å²) in [6.45, 7) is 0.885. The molecule has 6 nitrogen and oxygen atoms in total. The van der Waals surface area contributed by atoms with Gasteiger partial charge in [0, 0.05) is 23.3 Å². The second-order valence-corrected chi connectivity index (χ2v) is 7.49. The molecule has 1 fully saturated rings. The quantitative estimate of drug-likeness (QED) is 0.693. The Morgan fingerprint density at radius 1 is 1.21 bits per heavy atom. The first-order chi connectivity index (χ1) is 13.8. The van der Waals surface area contributed by atoms with E-state index in [4.69, 9.17) is 5.73 Å². The number of anilines is 2. The second kappa shape index (κ2) is 7.55. The smallest absolute Gasteiger partial charge is 0.382 e. The summed E-state index contributed by atoms with van der Waals surface area (Å²) < 4.78 is 41.2. The van der Waals surface area contributed by atoms with E-state index in [1.54, 1.807) is 24.3 Å². The van der Waals surface area contributed by atoms with Crippen LogP contribution in [0.5, 0.6) is 0 Å². The summed E-state index contributed by atoms with van der Waals surface area (Å²) in [5, 5.41) is 4.27. The molecule has 29 heavy (non-hydrogen) atoms. The fraction of sp³-hybridized carbons (Fsp3) is 0.400. The molecule has 3 heterocycles. The number of hydrogen-bond donors (Lipinski definition) is 2. The first-order valence-electron chi connectivity index (χ1n) is 9.53. The Hall–Kier alpha value is -2.81. The number of aromatic nitrogens is 3. The van der Waals surface area contributed by atoms with Gasteiger partial charge in [-0.15, -0.1) is 0 Å². The number of fused-ring (bicyclic) bond motifs is 1. The second-order valence-electron chi connectivity index (χ2n) is 7.49. The number of alkyl halides is 3. The highest BCUT2D eigenvalue weighted by molar-refractivity contribution is 5.96. The number of nitrogen functional groups attached to an aromatic ring is 1. The van der Waals surface area contributed by atoms with Gasteiger partial charge < -0.3 is 20.5 Å². The molecule has 0 atom stereocenters. The van der Waals surface area contributed by atoms with E-state index in [0.717, 1.165) is 37.0 Å². The van der Waals surface area contributed by atoms with Gasteiger partial charge in [-0.3, -0.25) is 0 Å². The normalized spacial score (nSPS) is 16.4. The fourth-order valence-electron chi connectivity index (χ4n) is 3.86. The van der Waals surface area contributed by atoms with Gasteiger partial charge in [0.25, 0.3) is 0 Å². The van der Waals surface area contributed by atoms with Crippen molar-refractivity contribution in [3.63, 3.8) is 0 Å². The van der Waals surface area contributed by atoms with Crippen LogP contribution < -0.4 is 11.1 Å². The molecule has 1 aliphatic heterocycles. The van der Waals surface area contributed by atoms with E-state index in [0.29, 0.717) is 22.9 Å². The van der Waals surface area contributed by atoms with Crippen LogP contribution in [0.25, 0.3) is 22.3 Å². The van der Waals surface area contributed by atoms with Crippen LogP contribution in [0.4, 0.5) is 24.8 Å². The van der Waals surface area contributed by atoms with Crippen LogP contribution in [0.3, 0.4) is 0 Å². The summed E-state index contributed by atoms with van der Waals surface area (Å²) in [6.07, 6.45) is -0.932. The summed E-state index contributed by atoms with van der Waals surface area (Å²) >= 11 is 0. The number of benzene rings is 1. The van der Waals surface area contributed by atoms with Crippen molar-refractivity contribution in [2.45, 2.75) is 31.6 Å². The minimum absolute atomic E-state index is 0.0241. The molecular formula is C20H23F3N6. The fourth-order valence-corrected chi connectivity index (χ4v) is 3.86. The van der Waals surface area contributed by atoms with Crippen LogP contribution in [-0.2, 0) is 6.54 Å². The average molecular weight is 404 g/mol. The lowest BCUT2D eigenvalue weighted by Crippen LogP contribution is -2.36. The average Bonchev–Trinajstić information content (AvgIpc) is 3.02. The number of nitrogens with two attached hydrogens (primary N) is 1. The molecule has 0 saturated carbocycles. The van der Waals surface area contributed by atoms with E-state index in [1.807, 2.05) is 6.07 Å². The van der Waals surface area contributed by atoms with Crippen LogP contribution in [-0.4, -0.2) is 51.8 Å². The molecule has 0 bridgehead atoms. The molecular weight excluding hydrogens is 381 g/mol. The van der Waals surface area contributed by atoms with Crippen molar-refractivity contribution in [1.29, 1.82) is 0 Å². The lowest BCUT2D eigenvalue weighted by Gasteiger charge is -2.30. The van der Waals surface area contributed by atoms with Crippen molar-refractivity contribution in [2.75, 3.05) is 31.2 Å². The van der Waals surface area contributed by atoms with Gasteiger partial charge in [0.15, 0.2) is 0 Å². The number of nitrogens with one attached hydrogen (secondary N) is 1. The summed E-state index contributed by atoms with van der Waals surface area (Å²) in [5.74, 6) is 0.0241. The third-order valence-corrected chi connectivity index (χ3v) is 5.30. The maximum atomic E-state index is 13.3. The van der Waals surface area contributed by atoms with Crippen LogP contribution >= 0.6 is 0 Å². The number of piperidine rings is 1. The van der Waals surface area contributed by atoms with Crippen molar-refractivity contribution in [2.24, 2.45) is 0 Å². The Kier molecular flexibility index (Phi) is 5.08. The molecule has 1 saturated heterocycles. The summed E-state index contributed by atoms with van der Waals surface area (Å²) in [5.41, 5.74) is 7.73. The SMILES string of the molecule is CN1CCC(Nc2cccc3c2cc(-c2ccnc(N)n2)n3CC(F)(F)F)CC1. The molecule has 1 aliphatic rings. The van der Waals surface area contributed by atoms with Crippen molar-refractivity contribution in [1.82, 2.24) is 19.4 Å². The molecule has 3 aromatic rings. The summed E-state index contributed by atoms with van der Waals surface area (Å²) in [4.78, 5) is 10.3. The van der Waals surface area contributed by atoms with Crippen molar-refractivity contribution in [3.05, 3.63) is 36.5 Å². The third-order valence-electron chi connectivity index (χ3n) is 5.30. The zero-order valence-electron chi connectivity index (χ0n) is 16.1. The molecule has 0 amide bonds. The van der Waals surface area contributed by atoms with E-state index in [1.165, 1.54) is 10.8 Å². The van der Waals surface area contributed by atoms with Crippen molar-refractivity contribution < 1.29 is 13.2 Å². The maximum Gasteiger partial charge on any atom is 0.406 e. The molecule has 0 unspecified atom stereocenters. The van der Waals surface area contributed by atoms with Gasteiger partial charge in [0.1, 0.15) is 6.54 Å². The number of likely N-dealkylation sites (tertiary alicyclic amines) is 1. The molecule has 154 valence electrons. The van der Waals surface area contributed by atoms with Crippen LogP contribution in [0.2, 0.25) is 0 Å². The van der Waals surface area contributed by atoms with Crippen LogP contribution in [0, 0.1) is 0 Å². The lowest BCUT2D eigenvalue weighted by atomic mass is 10.0. The highest BCUT2D eigenvalue weighted by atomic mass is 19.4. The zero-order valence-corrected chi connectivity index (χ0v) is 16.1. The Morgan fingerprint density at radius 2 is 1.97 bits per heavy atom. The van der Waals surface area contributed by atoms with Gasteiger partial charge in [0.2, 0.25) is 5.95 Å². The van der Waals surface area contributed by atoms with Gasteiger partial charge in [-0.25, -0.2) is 9.97 Å². The molecule has 0 aliphatic carbocycles. The van der Waals surface area contributed by atoms with Crippen molar-refractivity contribution in [3.8, 4) is 11.4 Å². The molecule has 1 aromatic carbocycles. The number of nitrogens with zero attached hydrogens (tertiary/aromatic N) is 4. The zero-order chi connectivity index (χ0) is 20.6. The topological polar surface area (TPSA) is 72.0 Å². The molecule has 0 radical (unpaired) electrons. The monoisotopic (exact) mass is 404 g/mol. The van der Waals surface area contributed by atoms with Gasteiger partial charge >= 0.3 is 6.18 Å². The molecule has 0 spiro atoms. The molecule has 3 N–H and O–H groups in total. The lowest BCUT2D eigenvalue weighted by molar-refractivity contribution is -0.139. The molecule has 4 rings (SSSR count). The Balaban J connectivity index is 1.79. The predicted octanol–water partition coefficient (Wildman–Crippen LogP) is 3.75. The Labute approximate surface area is 166 Å². The molecule has 2 aromatic heterocycles. The highest BCUT2D eigenvalue weighted by Gasteiger charge is 2.30. The van der Waals surface area contributed by atoms with Crippen LogP contribution in [0.1, 0.15) is 12.8 Å². The molecule has 9 heteroatoms. The predicted molar refractivity (Wildman–Crippen MR) is 108 cm³/mol. The minimum atomic E-state index is -4.36. The first-order valence-corrected chi connectivity index (χ1v) is 9.53. The van der Waals surface area contributed by atoms with Gasteiger partial charge in [-0.1, -0.05) is 6.07 Å².